The van der Waals surface area contributed by atoms with Gasteiger partial charge in [0.2, 0.25) is 9.74 Å². The first-order valence-corrected chi connectivity index (χ1v) is 10.5. The van der Waals surface area contributed by atoms with Crippen molar-refractivity contribution in [1.29, 1.82) is 0 Å². The average Bonchev–Trinajstić information content (AvgIpc) is 2.72. The van der Waals surface area contributed by atoms with Gasteiger partial charge in [0.05, 0.1) is 7.11 Å². The van der Waals surface area contributed by atoms with Crippen LogP contribution in [0.5, 0.6) is 5.75 Å². The summed E-state index contributed by atoms with van der Waals surface area (Å²) in [6.45, 7) is 6.32. The van der Waals surface area contributed by atoms with Crippen LogP contribution >= 0.6 is 34.8 Å². The number of aromatic nitrogens is 3. The van der Waals surface area contributed by atoms with Gasteiger partial charge in [-0.15, -0.1) is 0 Å². The smallest absolute Gasteiger partial charge is 0.250 e. The molecule has 1 aromatic heterocycles. The van der Waals surface area contributed by atoms with E-state index in [4.69, 9.17) is 39.5 Å². The van der Waals surface area contributed by atoms with Crippen molar-refractivity contribution in [3.63, 3.8) is 0 Å². The summed E-state index contributed by atoms with van der Waals surface area (Å²) in [5.74, 6) is 2.28. The van der Waals surface area contributed by atoms with E-state index in [2.05, 4.69) is 32.1 Å². The minimum Gasteiger partial charge on any atom is -0.497 e. The lowest BCUT2D eigenvalue weighted by Gasteiger charge is -2.31. The average molecular weight is 445 g/mol. The Morgan fingerprint density at radius 1 is 1.11 bits per heavy atom. The van der Waals surface area contributed by atoms with Crippen LogP contribution in [0.25, 0.3) is 11.4 Å². The molecule has 2 aromatic rings. The maximum Gasteiger partial charge on any atom is 0.250 e. The molecule has 1 aliphatic rings. The number of hydrogen-bond acceptors (Lipinski definition) is 6. The molecule has 2 heterocycles. The van der Waals surface area contributed by atoms with E-state index in [0.717, 1.165) is 50.3 Å². The highest BCUT2D eigenvalue weighted by Crippen LogP contribution is 2.37. The Balaban J connectivity index is 1.78. The van der Waals surface area contributed by atoms with Crippen LogP contribution in [0.3, 0.4) is 0 Å². The Morgan fingerprint density at radius 3 is 2.36 bits per heavy atom. The van der Waals surface area contributed by atoms with Gasteiger partial charge >= 0.3 is 0 Å². The number of ether oxygens (including phenoxy) is 1. The summed E-state index contributed by atoms with van der Waals surface area (Å²) in [4.78, 5) is 15.6. The predicted molar refractivity (Wildman–Crippen MR) is 114 cm³/mol. The molecule has 0 saturated carbocycles. The van der Waals surface area contributed by atoms with Crippen LogP contribution in [0.1, 0.15) is 25.6 Å². The molecule has 3 rings (SSSR count). The fraction of sp³-hybridized carbons (Fsp3) is 0.526. The van der Waals surface area contributed by atoms with Crippen LogP contribution in [-0.4, -0.2) is 53.1 Å². The molecular formula is C19H24Cl3N5O. The van der Waals surface area contributed by atoms with Crippen molar-refractivity contribution in [3.05, 3.63) is 30.1 Å². The second kappa shape index (κ2) is 9.44. The minimum absolute atomic E-state index is 0.0987. The molecule has 0 bridgehead atoms. The van der Waals surface area contributed by atoms with E-state index in [1.807, 2.05) is 24.3 Å². The molecule has 1 aliphatic heterocycles. The lowest BCUT2D eigenvalue weighted by atomic mass is 9.97. The Kier molecular flexibility index (Phi) is 7.20. The van der Waals surface area contributed by atoms with Crippen LogP contribution < -0.4 is 10.1 Å². The van der Waals surface area contributed by atoms with E-state index in [-0.39, 0.29) is 5.82 Å². The maximum atomic E-state index is 6.04. The summed E-state index contributed by atoms with van der Waals surface area (Å²) in [5.41, 5.74) is 0.790. The molecule has 0 radical (unpaired) electrons. The predicted octanol–water partition coefficient (Wildman–Crippen LogP) is 4.52. The zero-order chi connectivity index (χ0) is 20.1. The number of likely N-dealkylation sites (tertiary alicyclic amines) is 1. The van der Waals surface area contributed by atoms with E-state index >= 15 is 0 Å². The number of rotatable bonds is 6. The summed E-state index contributed by atoms with van der Waals surface area (Å²) in [6.07, 6.45) is 2.29. The van der Waals surface area contributed by atoms with E-state index < -0.39 is 3.79 Å². The van der Waals surface area contributed by atoms with Crippen LogP contribution in [0, 0.1) is 5.92 Å². The number of anilines is 1. The SMILES string of the molecule is CCN1CCC(CNc2nc(-c3ccc(OC)cc3)nc(C(Cl)(Cl)Cl)n2)CC1. The third-order valence-corrected chi connectivity index (χ3v) is 5.45. The Labute approximate surface area is 180 Å². The third kappa shape index (κ3) is 5.60. The second-order valence-electron chi connectivity index (χ2n) is 6.79. The normalized spacial score (nSPS) is 16.2. The van der Waals surface area contributed by atoms with Gasteiger partial charge in [0, 0.05) is 12.1 Å². The number of benzene rings is 1. The fourth-order valence-corrected chi connectivity index (χ4v) is 3.45. The molecule has 0 aliphatic carbocycles. The largest absolute Gasteiger partial charge is 0.497 e. The van der Waals surface area contributed by atoms with Crippen molar-refractivity contribution in [1.82, 2.24) is 19.9 Å². The molecule has 6 nitrogen and oxygen atoms in total. The summed E-state index contributed by atoms with van der Waals surface area (Å²) < 4.78 is 3.47. The zero-order valence-corrected chi connectivity index (χ0v) is 18.2. The van der Waals surface area contributed by atoms with Crippen molar-refractivity contribution >= 4 is 40.8 Å². The first-order valence-electron chi connectivity index (χ1n) is 9.33. The van der Waals surface area contributed by atoms with Crippen LogP contribution in [0.4, 0.5) is 5.95 Å². The summed E-state index contributed by atoms with van der Waals surface area (Å²) in [5, 5.41) is 3.31. The molecule has 28 heavy (non-hydrogen) atoms. The molecule has 0 spiro atoms. The van der Waals surface area contributed by atoms with Gasteiger partial charge in [-0.1, -0.05) is 41.7 Å². The molecule has 1 aromatic carbocycles. The van der Waals surface area contributed by atoms with Crippen molar-refractivity contribution in [2.24, 2.45) is 5.92 Å². The number of hydrogen-bond donors (Lipinski definition) is 1. The quantitative estimate of drug-likeness (QED) is 0.661. The van der Waals surface area contributed by atoms with Crippen molar-refractivity contribution < 1.29 is 4.74 Å². The molecule has 0 unspecified atom stereocenters. The van der Waals surface area contributed by atoms with Crippen LogP contribution in [0.2, 0.25) is 0 Å². The summed E-state index contributed by atoms with van der Waals surface area (Å²) >= 11 is 18.1. The topological polar surface area (TPSA) is 63.2 Å². The molecule has 1 fully saturated rings. The zero-order valence-electron chi connectivity index (χ0n) is 16.0. The van der Waals surface area contributed by atoms with Gasteiger partial charge in [-0.05, 0) is 62.7 Å². The molecule has 1 saturated heterocycles. The highest BCUT2D eigenvalue weighted by atomic mass is 35.6. The summed E-state index contributed by atoms with van der Waals surface area (Å²) in [6, 6.07) is 7.40. The number of halogens is 3. The van der Waals surface area contributed by atoms with Gasteiger partial charge in [0.15, 0.2) is 11.6 Å². The number of nitrogens with one attached hydrogen (secondary N) is 1. The highest BCUT2D eigenvalue weighted by molar-refractivity contribution is 6.66. The van der Waals surface area contributed by atoms with Crippen LogP contribution in [0.15, 0.2) is 24.3 Å². The van der Waals surface area contributed by atoms with Gasteiger partial charge in [0.1, 0.15) is 5.75 Å². The molecule has 152 valence electrons. The van der Waals surface area contributed by atoms with Crippen molar-refractivity contribution in [3.8, 4) is 17.1 Å². The first kappa shape index (κ1) is 21.4. The van der Waals surface area contributed by atoms with Crippen LogP contribution in [-0.2, 0) is 3.79 Å². The number of nitrogens with zero attached hydrogens (tertiary/aromatic N) is 4. The number of methoxy groups -OCH3 is 1. The number of piperidine rings is 1. The van der Waals surface area contributed by atoms with E-state index in [1.165, 1.54) is 0 Å². The summed E-state index contributed by atoms with van der Waals surface area (Å²) in [7, 11) is 1.62. The molecular weight excluding hydrogens is 421 g/mol. The lowest BCUT2D eigenvalue weighted by molar-refractivity contribution is 0.198. The van der Waals surface area contributed by atoms with E-state index in [0.29, 0.717) is 17.7 Å². The Hall–Kier alpha value is -1.34. The standard InChI is InChI=1S/C19H24Cl3N5O/c1-3-27-10-8-13(9-11-27)12-23-18-25-16(24-17(26-18)19(20,21)22)14-4-6-15(28-2)7-5-14/h4-7,13H,3,8-12H2,1-2H3,(H,23,24,25,26). The first-order chi connectivity index (χ1) is 13.4. The lowest BCUT2D eigenvalue weighted by Crippen LogP contribution is -2.35. The monoisotopic (exact) mass is 443 g/mol. The van der Waals surface area contributed by atoms with Crippen molar-refractivity contribution in [2.75, 3.05) is 38.6 Å². The van der Waals surface area contributed by atoms with E-state index in [1.54, 1.807) is 7.11 Å². The van der Waals surface area contributed by atoms with Crippen molar-refractivity contribution in [2.45, 2.75) is 23.6 Å². The van der Waals surface area contributed by atoms with Gasteiger partial charge in [0.25, 0.3) is 0 Å². The molecule has 9 heteroatoms. The van der Waals surface area contributed by atoms with Gasteiger partial charge in [-0.3, -0.25) is 0 Å². The maximum absolute atomic E-state index is 6.04. The highest BCUT2D eigenvalue weighted by Gasteiger charge is 2.29. The molecule has 0 amide bonds. The molecule has 1 N–H and O–H groups in total. The van der Waals surface area contributed by atoms with Gasteiger partial charge < -0.3 is 15.0 Å². The number of alkyl halides is 3. The van der Waals surface area contributed by atoms with Gasteiger partial charge in [-0.25, -0.2) is 4.98 Å². The Morgan fingerprint density at radius 2 is 1.79 bits per heavy atom. The Bertz CT molecular complexity index is 774. The third-order valence-electron chi connectivity index (χ3n) is 4.94. The van der Waals surface area contributed by atoms with E-state index in [9.17, 15) is 0 Å². The molecule has 0 atom stereocenters. The fourth-order valence-electron chi connectivity index (χ4n) is 3.19. The second-order valence-corrected chi connectivity index (χ2v) is 9.07. The van der Waals surface area contributed by atoms with Gasteiger partial charge in [-0.2, -0.15) is 9.97 Å². The minimum atomic E-state index is -1.73.